The maximum absolute atomic E-state index is 12.1. The minimum Gasteiger partial charge on any atom is -0.462 e. The summed E-state index contributed by atoms with van der Waals surface area (Å²) in [5, 5.41) is 45.5. The third kappa shape index (κ3) is 16.7. The first-order valence-corrected chi connectivity index (χ1v) is 22.5. The summed E-state index contributed by atoms with van der Waals surface area (Å²) in [6, 6.07) is 6.55. The third-order valence-electron chi connectivity index (χ3n) is 9.00. The van der Waals surface area contributed by atoms with Crippen molar-refractivity contribution in [2.75, 3.05) is 83.7 Å². The van der Waals surface area contributed by atoms with E-state index in [1.54, 1.807) is 28.9 Å². The third-order valence-corrected chi connectivity index (χ3v) is 11.0. The van der Waals surface area contributed by atoms with Crippen molar-refractivity contribution < 1.29 is 67.7 Å². The number of imide groups is 1. The number of aliphatic hydroxyl groups excluding tert-OH is 3. The van der Waals surface area contributed by atoms with Gasteiger partial charge in [-0.25, -0.2) is 4.68 Å². The Labute approximate surface area is 346 Å². The summed E-state index contributed by atoms with van der Waals surface area (Å²) in [7, 11) is -4.36. The number of hydrogen-bond donors (Lipinski definition) is 7. The molecule has 7 N–H and O–H groups in total. The van der Waals surface area contributed by atoms with E-state index in [2.05, 4.69) is 20.9 Å². The lowest BCUT2D eigenvalue weighted by Gasteiger charge is -2.40. The number of unbranched alkanes of at least 4 members (excludes halogenated alkanes) is 1. The van der Waals surface area contributed by atoms with E-state index in [1.807, 2.05) is 12.5 Å². The van der Waals surface area contributed by atoms with Gasteiger partial charge in [0.2, 0.25) is 18.1 Å². The summed E-state index contributed by atoms with van der Waals surface area (Å²) in [6.45, 7) is 4.68. The number of carbonyl (C=O) groups is 2. The normalized spacial score (nSPS) is 22.4. The smallest absolute Gasteiger partial charge is 0.325 e. The number of hydrogen-bond acceptors (Lipinski definition) is 16. The van der Waals surface area contributed by atoms with E-state index < -0.39 is 44.5 Å². The van der Waals surface area contributed by atoms with E-state index in [0.29, 0.717) is 70.1 Å². The molecule has 0 radical (unpaired) electrons. The van der Waals surface area contributed by atoms with Crippen molar-refractivity contribution in [3.8, 4) is 5.75 Å². The minimum absolute atomic E-state index is 0.140. The Morgan fingerprint density at radius 2 is 1.57 bits per heavy atom. The van der Waals surface area contributed by atoms with E-state index >= 15 is 0 Å². The van der Waals surface area contributed by atoms with Crippen molar-refractivity contribution in [2.24, 2.45) is 0 Å². The van der Waals surface area contributed by atoms with Crippen LogP contribution in [0.3, 0.4) is 0 Å². The van der Waals surface area contributed by atoms with Crippen LogP contribution in [0.15, 0.2) is 30.5 Å². The number of rotatable bonds is 27. The van der Waals surface area contributed by atoms with Gasteiger partial charge in [0.1, 0.15) is 24.1 Å². The van der Waals surface area contributed by atoms with Crippen LogP contribution in [-0.4, -0.2) is 176 Å². The number of nitrogens with zero attached hydrogens (tertiary/aromatic N) is 4. The van der Waals surface area contributed by atoms with Crippen LogP contribution in [0, 0.1) is 0 Å². The summed E-state index contributed by atoms with van der Waals surface area (Å²) in [4.78, 5) is 43.5. The molecule has 326 valence electrons. The molecule has 1 unspecified atom stereocenters. The summed E-state index contributed by atoms with van der Waals surface area (Å²) in [5.74, 6) is -0.00142. The molecule has 0 aliphatic carbocycles. The first kappa shape index (κ1) is 47.8. The lowest BCUT2D eigenvalue weighted by Crippen LogP contribution is -2.59. The van der Waals surface area contributed by atoms with Crippen LogP contribution in [0.4, 0.5) is 5.69 Å². The van der Waals surface area contributed by atoms with Gasteiger partial charge in [0.05, 0.1) is 89.2 Å². The molecule has 0 saturated carbocycles. The van der Waals surface area contributed by atoms with Crippen molar-refractivity contribution in [1.82, 2.24) is 25.2 Å². The number of nitrogens with one attached hydrogen (secondary N) is 2. The molecular weight excluding hydrogens is 824 g/mol. The summed E-state index contributed by atoms with van der Waals surface area (Å²) in [6.07, 6.45) is -1.63. The summed E-state index contributed by atoms with van der Waals surface area (Å²) >= 11 is 6.79. The highest BCUT2D eigenvalue weighted by atomic mass is 32.2. The fourth-order valence-electron chi connectivity index (χ4n) is 5.82. The van der Waals surface area contributed by atoms with E-state index in [-0.39, 0.29) is 48.8 Å². The quantitative estimate of drug-likeness (QED) is 0.0267. The number of anilines is 1. The second kappa shape index (κ2) is 25.1. The highest BCUT2D eigenvalue weighted by Gasteiger charge is 2.45. The highest BCUT2D eigenvalue weighted by Crippen LogP contribution is 2.37. The predicted molar refractivity (Wildman–Crippen MR) is 214 cm³/mol. The van der Waals surface area contributed by atoms with E-state index in [1.165, 1.54) is 16.7 Å². The number of thiocarbonyl (C=S) groups is 1. The first-order valence-electron chi connectivity index (χ1n) is 19.0. The average Bonchev–Trinajstić information content (AvgIpc) is 3.76. The highest BCUT2D eigenvalue weighted by molar-refractivity contribution is 8.00. The van der Waals surface area contributed by atoms with Crippen LogP contribution in [0.5, 0.6) is 5.75 Å². The lowest BCUT2D eigenvalue weighted by atomic mass is 9.97. The van der Waals surface area contributed by atoms with Gasteiger partial charge in [-0.1, -0.05) is 5.21 Å². The number of ether oxygens (including phenoxy) is 6. The zero-order valence-electron chi connectivity index (χ0n) is 32.3. The molecular formula is C35H55N6O14PS2. The molecule has 1 aromatic heterocycles. The van der Waals surface area contributed by atoms with Gasteiger partial charge in [0.15, 0.2) is 5.11 Å². The Morgan fingerprint density at radius 1 is 0.931 bits per heavy atom. The second-order valence-electron chi connectivity index (χ2n) is 13.4. The zero-order chi connectivity index (χ0) is 41.9. The van der Waals surface area contributed by atoms with Crippen molar-refractivity contribution in [1.29, 1.82) is 0 Å². The van der Waals surface area contributed by atoms with E-state index in [0.717, 1.165) is 25.0 Å². The van der Waals surface area contributed by atoms with Gasteiger partial charge in [-0.3, -0.25) is 19.1 Å². The number of benzene rings is 1. The number of thioether (sulfide) groups is 1. The standard InChI is InChI=1S/C35H55N6O14PS2/c1-58-28-22-29(42)41(33(28)46)12-14-51-16-18-53-20-19-52-17-15-50-13-11-40-23-25(38-39-40)4-2-3-10-36-35(57)37-24-5-7-26(8-6-24)54-34-32(45)31(44)30(43)27(55-34)9-21-56(47,48)49/h5-8,23,27-28,30-32,34,43-45H,2-4,9-22H2,1H3,(H2,36,37,57)(H2,47,48,49)/t27-,28?,30-,31+,32+,34+/m1/s1. The van der Waals surface area contributed by atoms with Crippen LogP contribution in [0.1, 0.15) is 31.4 Å². The minimum atomic E-state index is -4.36. The molecule has 58 heavy (non-hydrogen) atoms. The SMILES string of the molecule is CSC1CC(=O)N(CCOCCOCCOCCOCCn2cc(CCCCNC(=S)Nc3ccc(O[C@H]4O[C@H](CCP(=O)(O)O)[C@@H](O)[C@H](O)[C@@H]4O)cc3)nn2)C1=O. The van der Waals surface area contributed by atoms with Crippen LogP contribution in [-0.2, 0) is 50.8 Å². The molecule has 20 nitrogen and oxygen atoms in total. The molecule has 3 heterocycles. The van der Waals surface area contributed by atoms with Crippen LogP contribution in [0.2, 0.25) is 0 Å². The molecule has 1 aromatic carbocycles. The average molecular weight is 879 g/mol. The number of likely N-dealkylation sites (tertiary alicyclic amines) is 1. The Kier molecular flexibility index (Phi) is 20.7. The van der Waals surface area contributed by atoms with E-state index in [9.17, 15) is 29.5 Å². The second-order valence-corrected chi connectivity index (χ2v) is 16.6. The topological polar surface area (TPSA) is 266 Å². The van der Waals surface area contributed by atoms with Gasteiger partial charge < -0.3 is 64.2 Å². The Bertz CT molecular complexity index is 1610. The van der Waals surface area contributed by atoms with Gasteiger partial charge in [0.25, 0.3) is 0 Å². The molecule has 2 saturated heterocycles. The van der Waals surface area contributed by atoms with Crippen LogP contribution in [0.25, 0.3) is 0 Å². The lowest BCUT2D eigenvalue weighted by molar-refractivity contribution is -0.272. The molecule has 4 rings (SSSR count). The van der Waals surface area contributed by atoms with Crippen molar-refractivity contribution in [3.05, 3.63) is 36.2 Å². The van der Waals surface area contributed by atoms with Crippen molar-refractivity contribution >= 4 is 54.2 Å². The monoisotopic (exact) mass is 878 g/mol. The fourth-order valence-corrected chi connectivity index (χ4v) is 7.27. The molecule has 23 heteroatoms. The largest absolute Gasteiger partial charge is 0.462 e. The van der Waals surface area contributed by atoms with Crippen LogP contribution < -0.4 is 15.4 Å². The first-order chi connectivity index (χ1) is 27.8. The van der Waals surface area contributed by atoms with Gasteiger partial charge in [-0.15, -0.1) is 5.10 Å². The summed E-state index contributed by atoms with van der Waals surface area (Å²) in [5.41, 5.74) is 1.55. The Morgan fingerprint density at radius 3 is 2.19 bits per heavy atom. The van der Waals surface area contributed by atoms with Gasteiger partial charge in [-0.2, -0.15) is 11.8 Å². The van der Waals surface area contributed by atoms with Crippen LogP contribution >= 0.6 is 31.6 Å². The maximum atomic E-state index is 12.1. The van der Waals surface area contributed by atoms with Crippen molar-refractivity contribution in [2.45, 2.75) is 74.6 Å². The molecule has 2 aromatic rings. The predicted octanol–water partition coefficient (Wildman–Crippen LogP) is -0.101. The van der Waals surface area contributed by atoms with E-state index in [4.69, 9.17) is 50.4 Å². The number of carbonyl (C=O) groups excluding carboxylic acids is 2. The molecule has 6 atom stereocenters. The molecule has 2 fully saturated rings. The van der Waals surface area contributed by atoms with Gasteiger partial charge >= 0.3 is 7.60 Å². The number of aryl methyl sites for hydroxylation is 1. The van der Waals surface area contributed by atoms with Gasteiger partial charge in [-0.05, 0) is 68.4 Å². The number of aromatic nitrogens is 3. The zero-order valence-corrected chi connectivity index (χ0v) is 34.9. The van der Waals surface area contributed by atoms with Gasteiger partial charge in [0, 0.05) is 24.8 Å². The maximum Gasteiger partial charge on any atom is 0.325 e. The fraction of sp³-hybridized carbons (Fsp3) is 0.686. The van der Waals surface area contributed by atoms with Crippen molar-refractivity contribution in [3.63, 3.8) is 0 Å². The Hall–Kier alpha value is -2.83. The molecule has 2 aliphatic heterocycles. The number of amides is 2. The molecule has 2 amide bonds. The number of aliphatic hydroxyl groups is 3. The molecule has 0 bridgehead atoms. The summed E-state index contributed by atoms with van der Waals surface area (Å²) < 4.78 is 46.3. The molecule has 2 aliphatic rings. The Balaban J connectivity index is 0.960. The molecule has 0 spiro atoms.